The summed E-state index contributed by atoms with van der Waals surface area (Å²) in [5, 5.41) is 13.7. The van der Waals surface area contributed by atoms with Gasteiger partial charge in [0.05, 0.1) is 19.1 Å². The van der Waals surface area contributed by atoms with Crippen molar-refractivity contribution in [3.8, 4) is 11.5 Å². The van der Waals surface area contributed by atoms with Gasteiger partial charge in [0.25, 0.3) is 10.1 Å². The van der Waals surface area contributed by atoms with E-state index in [0.29, 0.717) is 31.5 Å². The van der Waals surface area contributed by atoms with Gasteiger partial charge in [-0.1, -0.05) is 0 Å². The molecule has 0 saturated heterocycles. The van der Waals surface area contributed by atoms with E-state index >= 15 is 0 Å². The van der Waals surface area contributed by atoms with E-state index in [0.717, 1.165) is 22.2 Å². The Hall–Kier alpha value is -3.31. The molecule has 0 aliphatic heterocycles. The zero-order valence-electron chi connectivity index (χ0n) is 18.1. The predicted molar refractivity (Wildman–Crippen MR) is 121 cm³/mol. The summed E-state index contributed by atoms with van der Waals surface area (Å²) >= 11 is 0. The zero-order valence-corrected chi connectivity index (χ0v) is 18.9. The van der Waals surface area contributed by atoms with Crippen LogP contribution in [-0.4, -0.2) is 53.4 Å². The molecule has 0 aliphatic carbocycles. The number of methoxy groups -OCH3 is 1. The minimum absolute atomic E-state index is 0.0787. The Bertz CT molecular complexity index is 1240. The number of carbonyl (C=O) groups excluding carboxylic acids is 1. The zero-order chi connectivity index (χ0) is 23.9. The average molecular weight is 466 g/mol. The normalized spacial score (nSPS) is 11.0. The van der Waals surface area contributed by atoms with Crippen molar-refractivity contribution >= 4 is 26.9 Å². The number of fused-ring (bicyclic) bond motifs is 1. The lowest BCUT2D eigenvalue weighted by Gasteiger charge is -2.11. The van der Waals surface area contributed by atoms with Gasteiger partial charge in [0.2, 0.25) is 11.3 Å². The van der Waals surface area contributed by atoms with Crippen molar-refractivity contribution < 1.29 is 27.6 Å². The molecule has 10 nitrogen and oxygen atoms in total. The number of aromatic nitrogens is 2. The number of benzene rings is 1. The minimum atomic E-state index is -3.67. The van der Waals surface area contributed by atoms with Crippen LogP contribution >= 0.6 is 0 Å². The predicted octanol–water partition coefficient (Wildman–Crippen LogP) is 1.61. The molecule has 174 valence electrons. The van der Waals surface area contributed by atoms with Gasteiger partial charge in [0.15, 0.2) is 5.75 Å². The molecule has 4 N–H and O–H groups in total. The smallest absolute Gasteiger partial charge is 0.261 e. The molecule has 1 amide bonds. The van der Waals surface area contributed by atoms with E-state index in [4.69, 9.17) is 9.29 Å². The van der Waals surface area contributed by atoms with Crippen LogP contribution in [0.1, 0.15) is 17.7 Å². The van der Waals surface area contributed by atoms with Crippen LogP contribution < -0.4 is 15.5 Å². The number of nitrogens with zero attached hydrogens (tertiary/aromatic N) is 1. The molecule has 2 aromatic heterocycles. The lowest BCUT2D eigenvalue weighted by atomic mass is 10.1. The van der Waals surface area contributed by atoms with Crippen LogP contribution in [0, 0.1) is 6.92 Å². The first-order valence-electron chi connectivity index (χ1n) is 9.71. The number of ether oxygens (including phenoxy) is 1. The molecule has 0 fully saturated rings. The molecule has 3 rings (SSSR count). The summed E-state index contributed by atoms with van der Waals surface area (Å²) in [6, 6.07) is 7.15. The van der Waals surface area contributed by atoms with Crippen molar-refractivity contribution in [1.82, 2.24) is 14.9 Å². The van der Waals surface area contributed by atoms with Crippen LogP contribution in [0.15, 0.2) is 41.5 Å². The third-order valence-electron chi connectivity index (χ3n) is 4.68. The van der Waals surface area contributed by atoms with Gasteiger partial charge in [-0.05, 0) is 37.1 Å². The number of H-pyrrole nitrogens is 1. The maximum atomic E-state index is 12.1. The molecule has 32 heavy (non-hydrogen) atoms. The Kier molecular flexibility index (Phi) is 8.44. The Balaban J connectivity index is 0.000000654. The largest absolute Gasteiger partial charge is 0.503 e. The first-order valence-corrected chi connectivity index (χ1v) is 11.6. The third kappa shape index (κ3) is 7.43. The highest BCUT2D eigenvalue weighted by molar-refractivity contribution is 7.85. The van der Waals surface area contributed by atoms with Gasteiger partial charge in [-0.15, -0.1) is 0 Å². The van der Waals surface area contributed by atoms with Gasteiger partial charge < -0.3 is 24.7 Å². The number of aryl methyl sites for hydroxylation is 1. The minimum Gasteiger partial charge on any atom is -0.503 e. The van der Waals surface area contributed by atoms with Gasteiger partial charge in [-0.2, -0.15) is 8.42 Å². The Morgan fingerprint density at radius 2 is 1.97 bits per heavy atom. The van der Waals surface area contributed by atoms with E-state index < -0.39 is 15.5 Å². The highest BCUT2D eigenvalue weighted by atomic mass is 32.2. The maximum Gasteiger partial charge on any atom is 0.261 e. The molecular weight excluding hydrogens is 438 g/mol. The van der Waals surface area contributed by atoms with Crippen LogP contribution in [0.3, 0.4) is 0 Å². The molecular formula is C21H27N3O7S. The average Bonchev–Trinajstić information content (AvgIpc) is 3.12. The number of rotatable bonds is 7. The molecule has 0 saturated carbocycles. The molecule has 3 aromatic rings. The number of nitrogens with one attached hydrogen (secondary N) is 2. The molecule has 0 spiro atoms. The first-order chi connectivity index (χ1) is 15.0. The van der Waals surface area contributed by atoms with Crippen LogP contribution in [0.25, 0.3) is 10.9 Å². The summed E-state index contributed by atoms with van der Waals surface area (Å²) < 4.78 is 32.8. The van der Waals surface area contributed by atoms with E-state index in [2.05, 4.69) is 10.3 Å². The van der Waals surface area contributed by atoms with Gasteiger partial charge in [-0.25, -0.2) is 0 Å². The Labute approximate surface area is 185 Å². The summed E-state index contributed by atoms with van der Waals surface area (Å²) in [5.41, 5.74) is 2.20. The molecule has 0 bridgehead atoms. The fourth-order valence-electron chi connectivity index (χ4n) is 3.04. The second-order valence-corrected chi connectivity index (χ2v) is 8.58. The van der Waals surface area contributed by atoms with E-state index in [1.54, 1.807) is 24.8 Å². The summed E-state index contributed by atoms with van der Waals surface area (Å²) in [6.45, 7) is 2.58. The van der Waals surface area contributed by atoms with Gasteiger partial charge in [-0.3, -0.25) is 14.1 Å². The molecule has 0 atom stereocenters. The quantitative estimate of drug-likeness (QED) is 0.387. The monoisotopic (exact) mass is 465 g/mol. The lowest BCUT2D eigenvalue weighted by molar-refractivity contribution is -0.121. The summed E-state index contributed by atoms with van der Waals surface area (Å²) in [7, 11) is -2.03. The number of hydrogen-bond acceptors (Lipinski definition) is 6. The number of carbonyl (C=O) groups is 1. The van der Waals surface area contributed by atoms with Gasteiger partial charge >= 0.3 is 0 Å². The van der Waals surface area contributed by atoms with Gasteiger partial charge in [0, 0.05) is 48.9 Å². The topological polar surface area (TPSA) is 151 Å². The number of hydrogen-bond donors (Lipinski definition) is 4. The molecule has 1 aromatic carbocycles. The van der Waals surface area contributed by atoms with Crippen LogP contribution in [0.4, 0.5) is 0 Å². The van der Waals surface area contributed by atoms with Crippen LogP contribution in [0.2, 0.25) is 0 Å². The fourth-order valence-corrected chi connectivity index (χ4v) is 3.04. The van der Waals surface area contributed by atoms with Crippen molar-refractivity contribution in [3.05, 3.63) is 58.1 Å². The van der Waals surface area contributed by atoms with Crippen molar-refractivity contribution in [1.29, 1.82) is 0 Å². The standard InChI is InChI=1S/C20H23N3O4.CH4O3S/c1-13-20(26)18(24)6-9-23(13)10-7-19(25)21-8-5-14-12-22-17-4-3-15(27-2)11-16(14)17;1-5(2,3)4/h3-4,6,9,11-12,22,26H,5,7-8,10H2,1-2H3,(H,21,25);1H3,(H,2,3,4). The van der Waals surface area contributed by atoms with E-state index in [1.165, 1.54) is 6.07 Å². The fraction of sp³-hybridized carbons (Fsp3) is 0.333. The second-order valence-electron chi connectivity index (χ2n) is 7.12. The maximum absolute atomic E-state index is 12.1. The summed E-state index contributed by atoms with van der Waals surface area (Å²) in [5.74, 6) is 0.449. The van der Waals surface area contributed by atoms with Crippen molar-refractivity contribution in [2.45, 2.75) is 26.3 Å². The highest BCUT2D eigenvalue weighted by Gasteiger charge is 2.09. The highest BCUT2D eigenvalue weighted by Crippen LogP contribution is 2.23. The van der Waals surface area contributed by atoms with Crippen molar-refractivity contribution in [2.75, 3.05) is 19.9 Å². The van der Waals surface area contributed by atoms with E-state index in [9.17, 15) is 23.1 Å². The molecule has 2 heterocycles. The summed E-state index contributed by atoms with van der Waals surface area (Å²) in [4.78, 5) is 26.7. The molecule has 0 unspecified atom stereocenters. The third-order valence-corrected chi connectivity index (χ3v) is 4.68. The van der Waals surface area contributed by atoms with E-state index in [-0.39, 0.29) is 18.1 Å². The first kappa shape index (κ1) is 25.0. The molecule has 0 aliphatic rings. The molecule has 0 radical (unpaired) electrons. The number of aromatic hydroxyl groups is 1. The lowest BCUT2D eigenvalue weighted by Crippen LogP contribution is -2.27. The van der Waals surface area contributed by atoms with Crippen LogP contribution in [0.5, 0.6) is 11.5 Å². The number of aromatic amines is 1. The number of amides is 1. The summed E-state index contributed by atoms with van der Waals surface area (Å²) in [6.07, 6.45) is 5.22. The van der Waals surface area contributed by atoms with Crippen LogP contribution in [-0.2, 0) is 27.9 Å². The molecule has 11 heteroatoms. The van der Waals surface area contributed by atoms with Crippen molar-refractivity contribution in [3.63, 3.8) is 0 Å². The number of pyridine rings is 1. The Morgan fingerprint density at radius 3 is 2.62 bits per heavy atom. The van der Waals surface area contributed by atoms with E-state index in [1.807, 2.05) is 24.4 Å². The van der Waals surface area contributed by atoms with Gasteiger partial charge in [0.1, 0.15) is 5.75 Å². The second kappa shape index (κ2) is 10.8. The Morgan fingerprint density at radius 1 is 1.28 bits per heavy atom. The van der Waals surface area contributed by atoms with Crippen molar-refractivity contribution in [2.24, 2.45) is 0 Å². The SMILES string of the molecule is COc1ccc2[nH]cc(CCNC(=O)CCn3ccc(=O)c(O)c3C)c2c1.CS(=O)(=O)O.